The molecule has 0 bridgehead atoms. The van der Waals surface area contributed by atoms with Crippen molar-refractivity contribution in [1.82, 2.24) is 9.97 Å². The standard InChI is InChI=1S/C22H25N5/c1-3-7-18(8-4-1)17-24-22-23-14-13-21(26-22)25-19-9-11-20(12-10-19)27-15-5-2-6-16-27/h1,3-4,7-14H,2,5-6,15-17H2,(H2,23,24,25,26). The Morgan fingerprint density at radius 1 is 0.852 bits per heavy atom. The number of benzene rings is 2. The number of aromatic nitrogens is 2. The van der Waals surface area contributed by atoms with Crippen LogP contribution < -0.4 is 15.5 Å². The molecule has 0 atom stereocenters. The van der Waals surface area contributed by atoms with Crippen LogP contribution in [0.5, 0.6) is 0 Å². The second kappa shape index (κ2) is 8.54. The van der Waals surface area contributed by atoms with Gasteiger partial charge >= 0.3 is 0 Å². The van der Waals surface area contributed by atoms with Crippen LogP contribution in [0.25, 0.3) is 0 Å². The lowest BCUT2D eigenvalue weighted by molar-refractivity contribution is 0.578. The van der Waals surface area contributed by atoms with Gasteiger partial charge in [-0.2, -0.15) is 4.98 Å². The minimum Gasteiger partial charge on any atom is -0.372 e. The van der Waals surface area contributed by atoms with Gasteiger partial charge in [-0.1, -0.05) is 30.3 Å². The van der Waals surface area contributed by atoms with Crippen LogP contribution in [-0.4, -0.2) is 23.1 Å². The smallest absolute Gasteiger partial charge is 0.224 e. The Balaban J connectivity index is 1.37. The molecule has 1 aliphatic heterocycles. The van der Waals surface area contributed by atoms with Crippen LogP contribution in [0.15, 0.2) is 66.9 Å². The van der Waals surface area contributed by atoms with E-state index < -0.39 is 0 Å². The highest BCUT2D eigenvalue weighted by molar-refractivity contribution is 5.61. The fourth-order valence-electron chi connectivity index (χ4n) is 3.35. The van der Waals surface area contributed by atoms with E-state index in [-0.39, 0.29) is 0 Å². The lowest BCUT2D eigenvalue weighted by Gasteiger charge is -2.28. The third kappa shape index (κ3) is 4.76. The van der Waals surface area contributed by atoms with Gasteiger partial charge in [0, 0.05) is 37.2 Å². The van der Waals surface area contributed by atoms with Crippen molar-refractivity contribution < 1.29 is 0 Å². The molecule has 1 saturated heterocycles. The number of nitrogens with zero attached hydrogens (tertiary/aromatic N) is 3. The number of anilines is 4. The molecule has 138 valence electrons. The summed E-state index contributed by atoms with van der Waals surface area (Å²) in [7, 11) is 0. The van der Waals surface area contributed by atoms with Gasteiger partial charge in [-0.25, -0.2) is 4.98 Å². The van der Waals surface area contributed by atoms with Crippen LogP contribution in [0.4, 0.5) is 23.1 Å². The van der Waals surface area contributed by atoms with E-state index in [4.69, 9.17) is 0 Å². The van der Waals surface area contributed by atoms with Gasteiger partial charge in [-0.3, -0.25) is 0 Å². The van der Waals surface area contributed by atoms with Crippen molar-refractivity contribution in [2.45, 2.75) is 25.8 Å². The average molecular weight is 359 g/mol. The fraction of sp³-hybridized carbons (Fsp3) is 0.273. The topological polar surface area (TPSA) is 53.1 Å². The zero-order valence-corrected chi connectivity index (χ0v) is 15.4. The molecule has 5 nitrogen and oxygen atoms in total. The Kier molecular flexibility index (Phi) is 5.48. The third-order valence-corrected chi connectivity index (χ3v) is 4.81. The third-order valence-electron chi connectivity index (χ3n) is 4.81. The van der Waals surface area contributed by atoms with Crippen molar-refractivity contribution in [3.8, 4) is 0 Å². The molecule has 0 spiro atoms. The average Bonchev–Trinajstić information content (AvgIpc) is 2.75. The Labute approximate surface area is 160 Å². The molecule has 2 N–H and O–H groups in total. The Bertz CT molecular complexity index is 842. The van der Waals surface area contributed by atoms with Gasteiger partial charge in [0.05, 0.1) is 0 Å². The van der Waals surface area contributed by atoms with Crippen LogP contribution >= 0.6 is 0 Å². The fourth-order valence-corrected chi connectivity index (χ4v) is 3.35. The van der Waals surface area contributed by atoms with Crippen LogP contribution in [0, 0.1) is 0 Å². The molecule has 27 heavy (non-hydrogen) atoms. The van der Waals surface area contributed by atoms with Gasteiger partial charge in [-0.15, -0.1) is 0 Å². The second-order valence-electron chi connectivity index (χ2n) is 6.82. The summed E-state index contributed by atoms with van der Waals surface area (Å²) in [5.41, 5.74) is 3.53. The summed E-state index contributed by atoms with van der Waals surface area (Å²) in [5.74, 6) is 1.40. The summed E-state index contributed by atoms with van der Waals surface area (Å²) >= 11 is 0. The predicted octanol–water partition coefficient (Wildman–Crippen LogP) is 4.82. The number of nitrogens with one attached hydrogen (secondary N) is 2. The van der Waals surface area contributed by atoms with Crippen molar-refractivity contribution in [2.75, 3.05) is 28.6 Å². The number of rotatable bonds is 6. The molecule has 1 aromatic heterocycles. The summed E-state index contributed by atoms with van der Waals surface area (Å²) in [6.45, 7) is 3.03. The summed E-state index contributed by atoms with van der Waals surface area (Å²) in [5, 5.41) is 6.63. The minimum absolute atomic E-state index is 0.619. The quantitative estimate of drug-likeness (QED) is 0.661. The molecule has 1 aliphatic rings. The SMILES string of the molecule is c1ccc(CNc2nccc(Nc3ccc(N4CCCCC4)cc3)n2)cc1. The van der Waals surface area contributed by atoms with Crippen molar-refractivity contribution >= 4 is 23.1 Å². The van der Waals surface area contributed by atoms with Crippen LogP contribution in [0.3, 0.4) is 0 Å². The van der Waals surface area contributed by atoms with Gasteiger partial charge in [-0.05, 0) is 55.2 Å². The van der Waals surface area contributed by atoms with Crippen molar-refractivity contribution in [2.24, 2.45) is 0 Å². The predicted molar refractivity (Wildman–Crippen MR) is 112 cm³/mol. The minimum atomic E-state index is 0.619. The first-order valence-corrected chi connectivity index (χ1v) is 9.60. The first-order chi connectivity index (χ1) is 13.4. The maximum absolute atomic E-state index is 4.55. The molecule has 4 rings (SSSR count). The zero-order chi connectivity index (χ0) is 18.3. The van der Waals surface area contributed by atoms with Gasteiger partial charge in [0.2, 0.25) is 5.95 Å². The van der Waals surface area contributed by atoms with E-state index >= 15 is 0 Å². The van der Waals surface area contributed by atoms with E-state index in [0.717, 1.165) is 24.6 Å². The first kappa shape index (κ1) is 17.3. The molecule has 0 saturated carbocycles. The Hall–Kier alpha value is -3.08. The van der Waals surface area contributed by atoms with Crippen molar-refractivity contribution in [1.29, 1.82) is 0 Å². The molecule has 5 heteroatoms. The van der Waals surface area contributed by atoms with Crippen molar-refractivity contribution in [3.05, 3.63) is 72.4 Å². The molecular weight excluding hydrogens is 334 g/mol. The van der Waals surface area contributed by atoms with E-state index in [0.29, 0.717) is 12.5 Å². The van der Waals surface area contributed by atoms with E-state index in [1.54, 1.807) is 6.20 Å². The monoisotopic (exact) mass is 359 g/mol. The van der Waals surface area contributed by atoms with E-state index in [1.807, 2.05) is 24.3 Å². The van der Waals surface area contributed by atoms with Gasteiger partial charge in [0.25, 0.3) is 0 Å². The lowest BCUT2D eigenvalue weighted by Crippen LogP contribution is -2.29. The molecule has 0 aliphatic carbocycles. The van der Waals surface area contributed by atoms with E-state index in [9.17, 15) is 0 Å². The number of piperidine rings is 1. The first-order valence-electron chi connectivity index (χ1n) is 9.60. The van der Waals surface area contributed by atoms with Gasteiger partial charge in [0.15, 0.2) is 0 Å². The van der Waals surface area contributed by atoms with Crippen molar-refractivity contribution in [3.63, 3.8) is 0 Å². The second-order valence-corrected chi connectivity index (χ2v) is 6.82. The molecule has 1 fully saturated rings. The maximum Gasteiger partial charge on any atom is 0.224 e. The molecule has 0 amide bonds. The maximum atomic E-state index is 4.55. The summed E-state index contributed by atoms with van der Waals surface area (Å²) < 4.78 is 0. The normalized spacial score (nSPS) is 14.0. The lowest BCUT2D eigenvalue weighted by atomic mass is 10.1. The van der Waals surface area contributed by atoms with E-state index in [2.05, 4.69) is 61.9 Å². The number of hydrogen-bond donors (Lipinski definition) is 2. The summed E-state index contributed by atoms with van der Waals surface area (Å²) in [6, 6.07) is 20.7. The van der Waals surface area contributed by atoms with Crippen LogP contribution in [-0.2, 0) is 6.54 Å². The number of hydrogen-bond acceptors (Lipinski definition) is 5. The highest BCUT2D eigenvalue weighted by Gasteiger charge is 2.10. The largest absolute Gasteiger partial charge is 0.372 e. The molecular formula is C22H25N5. The molecule has 3 aromatic rings. The molecule has 2 aromatic carbocycles. The van der Waals surface area contributed by atoms with E-state index in [1.165, 1.54) is 30.5 Å². The summed E-state index contributed by atoms with van der Waals surface area (Å²) in [6.07, 6.45) is 5.70. The summed E-state index contributed by atoms with van der Waals surface area (Å²) in [4.78, 5) is 11.3. The zero-order valence-electron chi connectivity index (χ0n) is 15.4. The molecule has 2 heterocycles. The molecule has 0 radical (unpaired) electrons. The van der Waals surface area contributed by atoms with Crippen LogP contribution in [0.1, 0.15) is 24.8 Å². The molecule has 0 unspecified atom stereocenters. The Morgan fingerprint density at radius 2 is 1.63 bits per heavy atom. The highest BCUT2D eigenvalue weighted by Crippen LogP contribution is 2.23. The highest BCUT2D eigenvalue weighted by atomic mass is 15.1. The van der Waals surface area contributed by atoms with Crippen LogP contribution in [0.2, 0.25) is 0 Å². The van der Waals surface area contributed by atoms with Gasteiger partial charge < -0.3 is 15.5 Å². The Morgan fingerprint density at radius 3 is 2.41 bits per heavy atom. The van der Waals surface area contributed by atoms with Gasteiger partial charge in [0.1, 0.15) is 5.82 Å².